The lowest BCUT2D eigenvalue weighted by atomic mass is 10.1. The van der Waals surface area contributed by atoms with Crippen LogP contribution < -0.4 is 0 Å². The average Bonchev–Trinajstić information content (AvgIpc) is 3.32. The van der Waals surface area contributed by atoms with Gasteiger partial charge in [-0.1, -0.05) is 19.4 Å². The molecule has 0 bridgehead atoms. The summed E-state index contributed by atoms with van der Waals surface area (Å²) in [5.41, 5.74) is 3.13. The number of aryl methyl sites for hydroxylation is 1. The van der Waals surface area contributed by atoms with Gasteiger partial charge in [0.2, 0.25) is 0 Å². The number of hydrogen-bond acceptors (Lipinski definition) is 4. The fraction of sp³-hybridized carbons (Fsp3) is 0.381. The largest absolute Gasteiger partial charge is 0.441 e. The van der Waals surface area contributed by atoms with Crippen LogP contribution in [0.1, 0.15) is 60.6 Å². The van der Waals surface area contributed by atoms with E-state index in [-0.39, 0.29) is 11.9 Å². The van der Waals surface area contributed by atoms with Crippen LogP contribution in [0.2, 0.25) is 0 Å². The second kappa shape index (κ2) is 7.28. The van der Waals surface area contributed by atoms with Crippen LogP contribution in [0.15, 0.2) is 47.0 Å². The number of rotatable bonds is 5. The zero-order valence-electron chi connectivity index (χ0n) is 15.0. The van der Waals surface area contributed by atoms with Crippen LogP contribution >= 0.6 is 0 Å². The maximum Gasteiger partial charge on any atom is 0.254 e. The van der Waals surface area contributed by atoms with E-state index >= 15 is 0 Å². The van der Waals surface area contributed by atoms with Gasteiger partial charge in [-0.25, -0.2) is 4.98 Å². The van der Waals surface area contributed by atoms with Crippen molar-refractivity contribution in [2.45, 2.75) is 45.1 Å². The summed E-state index contributed by atoms with van der Waals surface area (Å²) < 4.78 is 5.77. The molecule has 134 valence electrons. The molecule has 26 heavy (non-hydrogen) atoms. The van der Waals surface area contributed by atoms with Crippen molar-refractivity contribution >= 4 is 17.0 Å². The van der Waals surface area contributed by atoms with Gasteiger partial charge >= 0.3 is 0 Å². The molecule has 0 spiro atoms. The van der Waals surface area contributed by atoms with Gasteiger partial charge in [0.15, 0.2) is 11.5 Å². The lowest BCUT2D eigenvalue weighted by molar-refractivity contribution is 0.0733. The van der Waals surface area contributed by atoms with E-state index in [2.05, 4.69) is 16.9 Å². The van der Waals surface area contributed by atoms with Gasteiger partial charge in [-0.15, -0.1) is 0 Å². The molecule has 3 aromatic rings. The Morgan fingerprint density at radius 2 is 2.23 bits per heavy atom. The standard InChI is InChI=1S/C21H23N3O2/c1-2-3-9-20-23-17-14-15(10-11-19(17)26-20)21(25)24-13-6-8-18(24)16-7-4-5-12-22-16/h4-5,7,10-12,14,18H,2-3,6,8-9,13H2,1H3. The summed E-state index contributed by atoms with van der Waals surface area (Å²) in [5.74, 6) is 0.789. The molecule has 1 unspecified atom stereocenters. The van der Waals surface area contributed by atoms with Crippen molar-refractivity contribution in [2.24, 2.45) is 0 Å². The maximum absolute atomic E-state index is 13.1. The highest BCUT2D eigenvalue weighted by molar-refractivity contribution is 5.97. The van der Waals surface area contributed by atoms with Crippen LogP contribution in [0.4, 0.5) is 0 Å². The molecule has 1 aromatic carbocycles. The highest BCUT2D eigenvalue weighted by atomic mass is 16.3. The van der Waals surface area contributed by atoms with Crippen molar-refractivity contribution in [1.82, 2.24) is 14.9 Å². The quantitative estimate of drug-likeness (QED) is 0.678. The van der Waals surface area contributed by atoms with Crippen molar-refractivity contribution in [3.8, 4) is 0 Å². The normalized spacial score (nSPS) is 17.1. The molecule has 5 nitrogen and oxygen atoms in total. The Morgan fingerprint density at radius 1 is 1.31 bits per heavy atom. The number of fused-ring (bicyclic) bond motifs is 1. The van der Waals surface area contributed by atoms with Crippen molar-refractivity contribution in [1.29, 1.82) is 0 Å². The fourth-order valence-electron chi connectivity index (χ4n) is 3.60. The summed E-state index contributed by atoms with van der Waals surface area (Å²) in [6.45, 7) is 2.91. The number of unbranched alkanes of at least 4 members (excludes halogenated alkanes) is 1. The van der Waals surface area contributed by atoms with Gasteiger partial charge in [-0.2, -0.15) is 0 Å². The number of carbonyl (C=O) groups excluding carboxylic acids is 1. The Bertz CT molecular complexity index is 904. The molecule has 4 rings (SSSR count). The zero-order valence-corrected chi connectivity index (χ0v) is 15.0. The minimum atomic E-state index is 0.0400. The minimum absolute atomic E-state index is 0.0400. The molecule has 1 fully saturated rings. The molecule has 0 saturated carbocycles. The predicted octanol–water partition coefficient (Wildman–Crippen LogP) is 4.54. The molecule has 1 amide bonds. The zero-order chi connectivity index (χ0) is 17.9. The van der Waals surface area contributed by atoms with Gasteiger partial charge < -0.3 is 9.32 Å². The molecule has 1 saturated heterocycles. The topological polar surface area (TPSA) is 59.2 Å². The molecule has 1 atom stereocenters. The smallest absolute Gasteiger partial charge is 0.254 e. The summed E-state index contributed by atoms with van der Waals surface area (Å²) in [7, 11) is 0. The number of benzene rings is 1. The summed E-state index contributed by atoms with van der Waals surface area (Å²) in [6.07, 6.45) is 6.73. The maximum atomic E-state index is 13.1. The fourth-order valence-corrected chi connectivity index (χ4v) is 3.60. The highest BCUT2D eigenvalue weighted by Gasteiger charge is 2.31. The van der Waals surface area contributed by atoms with Crippen LogP contribution in [0, 0.1) is 0 Å². The van der Waals surface area contributed by atoms with Crippen molar-refractivity contribution in [2.75, 3.05) is 6.54 Å². The number of amides is 1. The lowest BCUT2D eigenvalue weighted by Gasteiger charge is -2.24. The first-order chi connectivity index (χ1) is 12.8. The van der Waals surface area contributed by atoms with E-state index in [0.717, 1.165) is 61.3 Å². The van der Waals surface area contributed by atoms with E-state index in [1.165, 1.54) is 0 Å². The van der Waals surface area contributed by atoms with Crippen molar-refractivity contribution < 1.29 is 9.21 Å². The molecular weight excluding hydrogens is 326 g/mol. The summed E-state index contributed by atoms with van der Waals surface area (Å²) in [6, 6.07) is 11.5. The molecule has 0 N–H and O–H groups in total. The third kappa shape index (κ3) is 3.21. The molecule has 0 radical (unpaired) electrons. The Kier molecular flexibility index (Phi) is 4.69. The molecule has 5 heteroatoms. The van der Waals surface area contributed by atoms with Gasteiger partial charge in [0, 0.05) is 24.7 Å². The van der Waals surface area contributed by atoms with Gasteiger partial charge in [-0.05, 0) is 49.6 Å². The van der Waals surface area contributed by atoms with Crippen LogP contribution in [-0.2, 0) is 6.42 Å². The molecule has 1 aliphatic heterocycles. The Labute approximate surface area is 153 Å². The second-order valence-electron chi connectivity index (χ2n) is 6.80. The average molecular weight is 349 g/mol. The number of aromatic nitrogens is 2. The van der Waals surface area contributed by atoms with Gasteiger partial charge in [0.05, 0.1) is 11.7 Å². The molecule has 3 heterocycles. The van der Waals surface area contributed by atoms with Crippen LogP contribution in [0.25, 0.3) is 11.1 Å². The number of carbonyl (C=O) groups is 1. The highest BCUT2D eigenvalue weighted by Crippen LogP contribution is 2.32. The van der Waals surface area contributed by atoms with E-state index in [0.29, 0.717) is 5.56 Å². The SMILES string of the molecule is CCCCc1nc2cc(C(=O)N3CCCC3c3ccccn3)ccc2o1. The number of pyridine rings is 1. The number of nitrogens with zero attached hydrogens (tertiary/aromatic N) is 3. The van der Waals surface area contributed by atoms with E-state index in [1.54, 1.807) is 6.20 Å². The number of hydrogen-bond donors (Lipinski definition) is 0. The third-order valence-electron chi connectivity index (χ3n) is 4.97. The molecular formula is C21H23N3O2. The molecule has 2 aromatic heterocycles. The first-order valence-electron chi connectivity index (χ1n) is 9.37. The van der Waals surface area contributed by atoms with E-state index in [9.17, 15) is 4.79 Å². The Balaban J connectivity index is 1.59. The second-order valence-corrected chi connectivity index (χ2v) is 6.80. The van der Waals surface area contributed by atoms with E-state index in [4.69, 9.17) is 4.42 Å². The van der Waals surface area contributed by atoms with Crippen LogP contribution in [0.5, 0.6) is 0 Å². The first kappa shape index (κ1) is 16.8. The first-order valence-corrected chi connectivity index (χ1v) is 9.37. The third-order valence-corrected chi connectivity index (χ3v) is 4.97. The molecule has 1 aliphatic rings. The van der Waals surface area contributed by atoms with Gasteiger partial charge in [0.1, 0.15) is 5.52 Å². The van der Waals surface area contributed by atoms with Gasteiger partial charge in [0.25, 0.3) is 5.91 Å². The van der Waals surface area contributed by atoms with E-state index < -0.39 is 0 Å². The predicted molar refractivity (Wildman–Crippen MR) is 99.9 cm³/mol. The lowest BCUT2D eigenvalue weighted by Crippen LogP contribution is -2.30. The Hall–Kier alpha value is -2.69. The molecule has 0 aliphatic carbocycles. The van der Waals surface area contributed by atoms with Crippen molar-refractivity contribution in [3.63, 3.8) is 0 Å². The summed E-state index contributed by atoms with van der Waals surface area (Å²) >= 11 is 0. The number of likely N-dealkylation sites (tertiary alicyclic amines) is 1. The minimum Gasteiger partial charge on any atom is -0.441 e. The van der Waals surface area contributed by atoms with Crippen LogP contribution in [-0.4, -0.2) is 27.3 Å². The summed E-state index contributed by atoms with van der Waals surface area (Å²) in [5, 5.41) is 0. The van der Waals surface area contributed by atoms with E-state index in [1.807, 2.05) is 41.3 Å². The van der Waals surface area contributed by atoms with Crippen LogP contribution in [0.3, 0.4) is 0 Å². The number of oxazole rings is 1. The summed E-state index contributed by atoms with van der Waals surface area (Å²) in [4.78, 5) is 24.0. The monoisotopic (exact) mass is 349 g/mol. The van der Waals surface area contributed by atoms with Gasteiger partial charge in [-0.3, -0.25) is 9.78 Å². The Morgan fingerprint density at radius 3 is 3.04 bits per heavy atom. The van der Waals surface area contributed by atoms with Crippen molar-refractivity contribution in [3.05, 3.63) is 59.7 Å².